The smallest absolute Gasteiger partial charge is 0.196 e. The van der Waals surface area contributed by atoms with Gasteiger partial charge in [-0.05, 0) is 18.2 Å². The van der Waals surface area contributed by atoms with Crippen LogP contribution in [0.2, 0.25) is 0 Å². The van der Waals surface area contributed by atoms with Crippen LogP contribution in [0.5, 0.6) is 5.75 Å². The fourth-order valence-electron chi connectivity index (χ4n) is 1.62. The predicted octanol–water partition coefficient (Wildman–Crippen LogP) is 3.34. The molecule has 0 spiro atoms. The number of ketones is 1. The highest BCUT2D eigenvalue weighted by Crippen LogP contribution is 2.20. The van der Waals surface area contributed by atoms with Crippen molar-refractivity contribution in [3.8, 4) is 5.75 Å². The Morgan fingerprint density at radius 2 is 1.68 bits per heavy atom. The van der Waals surface area contributed by atoms with E-state index in [2.05, 4.69) is 0 Å². The van der Waals surface area contributed by atoms with Crippen molar-refractivity contribution < 1.29 is 22.7 Å². The summed E-state index contributed by atoms with van der Waals surface area (Å²) in [5.74, 6) is -4.04. The maximum Gasteiger partial charge on any atom is 0.196 e. The van der Waals surface area contributed by atoms with E-state index in [1.807, 2.05) is 0 Å². The van der Waals surface area contributed by atoms with Crippen LogP contribution in [-0.2, 0) is 0 Å². The molecule has 2 aromatic carbocycles. The first-order valence-electron chi connectivity index (χ1n) is 5.36. The molecule has 0 aliphatic rings. The van der Waals surface area contributed by atoms with Crippen LogP contribution in [0, 0.1) is 17.5 Å². The number of methoxy groups -OCH3 is 1. The van der Waals surface area contributed by atoms with E-state index in [9.17, 15) is 18.0 Å². The monoisotopic (exact) mass is 266 g/mol. The topological polar surface area (TPSA) is 26.3 Å². The third-order valence-electron chi connectivity index (χ3n) is 2.59. The highest BCUT2D eigenvalue weighted by molar-refractivity contribution is 6.09. The standard InChI is InChI=1S/C14H9F3O2/c1-19-9-4-2-3-8(5-9)14(18)10-6-12(16)13(17)7-11(10)15/h2-7H,1H3. The SMILES string of the molecule is COc1cccc(C(=O)c2cc(F)c(F)cc2F)c1. The number of hydrogen-bond acceptors (Lipinski definition) is 2. The molecule has 2 rings (SSSR count). The van der Waals surface area contributed by atoms with E-state index in [-0.39, 0.29) is 5.56 Å². The maximum atomic E-state index is 13.5. The first kappa shape index (κ1) is 13.1. The number of halogens is 3. The van der Waals surface area contributed by atoms with E-state index in [4.69, 9.17) is 4.74 Å². The van der Waals surface area contributed by atoms with Gasteiger partial charge < -0.3 is 4.74 Å². The van der Waals surface area contributed by atoms with Gasteiger partial charge in [0, 0.05) is 11.6 Å². The second-order valence-electron chi connectivity index (χ2n) is 3.81. The highest BCUT2D eigenvalue weighted by atomic mass is 19.2. The minimum absolute atomic E-state index is 0.129. The number of rotatable bonds is 3. The quantitative estimate of drug-likeness (QED) is 0.629. The van der Waals surface area contributed by atoms with Crippen molar-refractivity contribution in [2.75, 3.05) is 7.11 Å². The predicted molar refractivity (Wildman–Crippen MR) is 62.7 cm³/mol. The van der Waals surface area contributed by atoms with Gasteiger partial charge in [-0.15, -0.1) is 0 Å². The lowest BCUT2D eigenvalue weighted by Crippen LogP contribution is -2.06. The number of carbonyl (C=O) groups is 1. The molecule has 0 saturated carbocycles. The molecule has 0 unspecified atom stereocenters. The molecule has 2 nitrogen and oxygen atoms in total. The van der Waals surface area contributed by atoms with E-state index < -0.39 is 28.8 Å². The Labute approximate surface area is 107 Å². The Bertz CT molecular complexity index is 639. The molecule has 5 heteroatoms. The zero-order chi connectivity index (χ0) is 14.0. The van der Waals surface area contributed by atoms with Gasteiger partial charge in [-0.3, -0.25) is 4.79 Å². The largest absolute Gasteiger partial charge is 0.497 e. The average Bonchev–Trinajstić information content (AvgIpc) is 2.42. The second kappa shape index (κ2) is 5.14. The van der Waals surface area contributed by atoms with Crippen molar-refractivity contribution in [2.24, 2.45) is 0 Å². The van der Waals surface area contributed by atoms with E-state index in [1.165, 1.54) is 19.2 Å². The minimum atomic E-state index is -1.33. The van der Waals surface area contributed by atoms with E-state index in [1.54, 1.807) is 12.1 Å². The molecular formula is C14H9F3O2. The lowest BCUT2D eigenvalue weighted by atomic mass is 10.0. The van der Waals surface area contributed by atoms with Crippen LogP contribution in [0.4, 0.5) is 13.2 Å². The molecule has 0 aliphatic carbocycles. The Morgan fingerprint density at radius 1 is 1.00 bits per heavy atom. The van der Waals surface area contributed by atoms with Gasteiger partial charge in [0.05, 0.1) is 12.7 Å². The van der Waals surface area contributed by atoms with Crippen LogP contribution in [0.3, 0.4) is 0 Å². The van der Waals surface area contributed by atoms with Crippen LogP contribution in [-0.4, -0.2) is 12.9 Å². The zero-order valence-electron chi connectivity index (χ0n) is 9.91. The molecule has 0 bridgehead atoms. The van der Waals surface area contributed by atoms with Crippen molar-refractivity contribution in [3.05, 3.63) is 65.0 Å². The van der Waals surface area contributed by atoms with Gasteiger partial charge in [0.25, 0.3) is 0 Å². The molecule has 2 aromatic rings. The van der Waals surface area contributed by atoms with Gasteiger partial charge in [-0.25, -0.2) is 13.2 Å². The number of hydrogen-bond donors (Lipinski definition) is 0. The molecule has 0 N–H and O–H groups in total. The normalized spacial score (nSPS) is 10.3. The van der Waals surface area contributed by atoms with Crippen molar-refractivity contribution in [2.45, 2.75) is 0 Å². The first-order valence-corrected chi connectivity index (χ1v) is 5.36. The molecule has 0 aromatic heterocycles. The number of carbonyl (C=O) groups excluding carboxylic acids is 1. The third kappa shape index (κ3) is 2.59. The molecule has 19 heavy (non-hydrogen) atoms. The summed E-state index contributed by atoms with van der Waals surface area (Å²) in [6, 6.07) is 6.88. The highest BCUT2D eigenvalue weighted by Gasteiger charge is 2.18. The summed E-state index contributed by atoms with van der Waals surface area (Å²) in [5.41, 5.74) is -0.392. The second-order valence-corrected chi connectivity index (χ2v) is 3.81. The van der Waals surface area contributed by atoms with Gasteiger partial charge in [-0.1, -0.05) is 12.1 Å². The van der Waals surface area contributed by atoms with Crippen LogP contribution in [0.15, 0.2) is 36.4 Å². The fraction of sp³-hybridized carbons (Fsp3) is 0.0714. The molecular weight excluding hydrogens is 257 g/mol. The molecule has 98 valence electrons. The van der Waals surface area contributed by atoms with Crippen molar-refractivity contribution in [1.29, 1.82) is 0 Å². The van der Waals surface area contributed by atoms with Gasteiger partial charge in [0.1, 0.15) is 11.6 Å². The van der Waals surface area contributed by atoms with Gasteiger partial charge >= 0.3 is 0 Å². The Kier molecular flexibility index (Phi) is 3.55. The van der Waals surface area contributed by atoms with Crippen LogP contribution in [0.25, 0.3) is 0 Å². The van der Waals surface area contributed by atoms with Crippen molar-refractivity contribution >= 4 is 5.78 Å². The fourth-order valence-corrected chi connectivity index (χ4v) is 1.62. The molecule has 0 fully saturated rings. The summed E-state index contributed by atoms with van der Waals surface area (Å²) in [7, 11) is 1.42. The molecule has 0 atom stereocenters. The summed E-state index contributed by atoms with van der Waals surface area (Å²) in [6.07, 6.45) is 0. The molecule has 0 radical (unpaired) electrons. The Morgan fingerprint density at radius 3 is 2.37 bits per heavy atom. The first-order chi connectivity index (χ1) is 9.02. The zero-order valence-corrected chi connectivity index (χ0v) is 9.91. The summed E-state index contributed by atoms with van der Waals surface area (Å²) in [4.78, 5) is 12.0. The molecule has 0 heterocycles. The summed E-state index contributed by atoms with van der Waals surface area (Å²) in [5, 5.41) is 0. The van der Waals surface area contributed by atoms with Crippen LogP contribution in [0.1, 0.15) is 15.9 Å². The van der Waals surface area contributed by atoms with Crippen LogP contribution >= 0.6 is 0 Å². The van der Waals surface area contributed by atoms with Crippen LogP contribution < -0.4 is 4.74 Å². The molecule has 0 saturated heterocycles. The summed E-state index contributed by atoms with van der Waals surface area (Å²) in [6.45, 7) is 0. The maximum absolute atomic E-state index is 13.5. The minimum Gasteiger partial charge on any atom is -0.497 e. The Balaban J connectivity index is 2.46. The summed E-state index contributed by atoms with van der Waals surface area (Å²) >= 11 is 0. The van der Waals surface area contributed by atoms with Gasteiger partial charge in [0.15, 0.2) is 17.4 Å². The van der Waals surface area contributed by atoms with E-state index in [0.29, 0.717) is 17.9 Å². The average molecular weight is 266 g/mol. The lowest BCUT2D eigenvalue weighted by Gasteiger charge is -2.05. The van der Waals surface area contributed by atoms with Gasteiger partial charge in [0.2, 0.25) is 0 Å². The van der Waals surface area contributed by atoms with Crippen molar-refractivity contribution in [1.82, 2.24) is 0 Å². The van der Waals surface area contributed by atoms with Gasteiger partial charge in [-0.2, -0.15) is 0 Å². The van der Waals surface area contributed by atoms with E-state index in [0.717, 1.165) is 0 Å². The Hall–Kier alpha value is -2.30. The van der Waals surface area contributed by atoms with E-state index >= 15 is 0 Å². The molecule has 0 amide bonds. The lowest BCUT2D eigenvalue weighted by molar-refractivity contribution is 0.103. The molecule has 0 aliphatic heterocycles. The summed E-state index contributed by atoms with van der Waals surface area (Å²) < 4.78 is 44.3. The number of ether oxygens (including phenoxy) is 1. The van der Waals surface area contributed by atoms with Crippen molar-refractivity contribution in [3.63, 3.8) is 0 Å². The number of benzene rings is 2. The third-order valence-corrected chi connectivity index (χ3v) is 2.59.